The van der Waals surface area contributed by atoms with E-state index in [1.54, 1.807) is 35.9 Å². The summed E-state index contributed by atoms with van der Waals surface area (Å²) in [4.78, 5) is 22.8. The number of amides is 1. The number of hydrogen-bond donors (Lipinski definition) is 3. The monoisotopic (exact) mass is 316 g/mol. The van der Waals surface area contributed by atoms with Crippen LogP contribution in [0.3, 0.4) is 0 Å². The number of carboxylic acid groups (broad SMARTS) is 1. The van der Waals surface area contributed by atoms with E-state index in [1.165, 1.54) is 0 Å². The summed E-state index contributed by atoms with van der Waals surface area (Å²) in [5.41, 5.74) is 13.3. The molecule has 0 aliphatic heterocycles. The van der Waals surface area contributed by atoms with E-state index in [2.05, 4.69) is 5.10 Å². The van der Waals surface area contributed by atoms with Gasteiger partial charge in [0.15, 0.2) is 0 Å². The first kappa shape index (κ1) is 16.5. The van der Waals surface area contributed by atoms with Gasteiger partial charge in [-0.3, -0.25) is 9.59 Å². The van der Waals surface area contributed by atoms with Crippen molar-refractivity contribution < 1.29 is 14.7 Å². The van der Waals surface area contributed by atoms with Crippen molar-refractivity contribution in [1.82, 2.24) is 9.78 Å². The van der Waals surface area contributed by atoms with Gasteiger partial charge in [-0.2, -0.15) is 5.10 Å². The molecule has 0 saturated heterocycles. The molecule has 1 atom stereocenters. The first-order valence-electron chi connectivity index (χ1n) is 7.25. The van der Waals surface area contributed by atoms with Crippen molar-refractivity contribution in [1.29, 1.82) is 0 Å². The Kier molecular flexibility index (Phi) is 4.40. The van der Waals surface area contributed by atoms with Crippen LogP contribution in [0.4, 0.5) is 5.82 Å². The Morgan fingerprint density at radius 3 is 2.17 bits per heavy atom. The first-order chi connectivity index (χ1) is 10.7. The van der Waals surface area contributed by atoms with Crippen LogP contribution in [-0.4, -0.2) is 26.8 Å². The molecule has 7 nitrogen and oxygen atoms in total. The summed E-state index contributed by atoms with van der Waals surface area (Å²) in [6.07, 6.45) is 0. The summed E-state index contributed by atoms with van der Waals surface area (Å²) < 4.78 is 1.54. The lowest BCUT2D eigenvalue weighted by molar-refractivity contribution is -0.138. The number of nitrogens with zero attached hydrogens (tertiary/aromatic N) is 2. The topological polar surface area (TPSA) is 124 Å². The molecule has 2 rings (SSSR count). The maximum absolute atomic E-state index is 11.7. The van der Waals surface area contributed by atoms with Crippen LogP contribution in [0.2, 0.25) is 0 Å². The van der Waals surface area contributed by atoms with Gasteiger partial charge in [-0.15, -0.1) is 0 Å². The molecule has 5 N–H and O–H groups in total. The SMILES string of the molecule is CC(C(=O)O)c1ccc(-c2nn(C(C)C)c(N)c2C(N)=O)cc1. The number of nitrogen functional groups attached to an aromatic ring is 1. The summed E-state index contributed by atoms with van der Waals surface area (Å²) in [5.74, 6) is -1.93. The average Bonchev–Trinajstić information content (AvgIpc) is 2.84. The number of primary amides is 1. The fourth-order valence-corrected chi connectivity index (χ4v) is 2.36. The van der Waals surface area contributed by atoms with Crippen molar-refractivity contribution in [3.8, 4) is 11.3 Å². The van der Waals surface area contributed by atoms with Gasteiger partial charge < -0.3 is 16.6 Å². The average molecular weight is 316 g/mol. The van der Waals surface area contributed by atoms with E-state index in [1.807, 2.05) is 13.8 Å². The van der Waals surface area contributed by atoms with Crippen LogP contribution >= 0.6 is 0 Å². The van der Waals surface area contributed by atoms with Gasteiger partial charge in [0.1, 0.15) is 17.1 Å². The van der Waals surface area contributed by atoms with Crippen LogP contribution in [0.15, 0.2) is 24.3 Å². The molecule has 1 amide bonds. The Hall–Kier alpha value is -2.83. The highest BCUT2D eigenvalue weighted by Gasteiger charge is 2.23. The van der Waals surface area contributed by atoms with E-state index < -0.39 is 17.8 Å². The Labute approximate surface area is 133 Å². The number of carbonyl (C=O) groups is 2. The molecule has 23 heavy (non-hydrogen) atoms. The third-order valence-corrected chi connectivity index (χ3v) is 3.74. The molecule has 1 aromatic heterocycles. The summed E-state index contributed by atoms with van der Waals surface area (Å²) >= 11 is 0. The van der Waals surface area contributed by atoms with Crippen molar-refractivity contribution in [3.05, 3.63) is 35.4 Å². The van der Waals surface area contributed by atoms with Gasteiger partial charge in [-0.25, -0.2) is 4.68 Å². The molecule has 1 heterocycles. The lowest BCUT2D eigenvalue weighted by atomic mass is 9.98. The van der Waals surface area contributed by atoms with Crippen molar-refractivity contribution >= 4 is 17.7 Å². The fourth-order valence-electron chi connectivity index (χ4n) is 2.36. The normalized spacial score (nSPS) is 12.3. The number of rotatable bonds is 5. The predicted molar refractivity (Wildman–Crippen MR) is 87.0 cm³/mol. The van der Waals surface area contributed by atoms with Crippen molar-refractivity contribution in [3.63, 3.8) is 0 Å². The Bertz CT molecular complexity index is 747. The van der Waals surface area contributed by atoms with Gasteiger partial charge in [-0.1, -0.05) is 24.3 Å². The summed E-state index contributed by atoms with van der Waals surface area (Å²) in [6.45, 7) is 5.41. The van der Waals surface area contributed by atoms with Crippen LogP contribution in [0.5, 0.6) is 0 Å². The van der Waals surface area contributed by atoms with Gasteiger partial charge in [0.2, 0.25) is 0 Å². The van der Waals surface area contributed by atoms with E-state index in [0.29, 0.717) is 16.8 Å². The zero-order chi connectivity index (χ0) is 17.3. The van der Waals surface area contributed by atoms with E-state index in [4.69, 9.17) is 16.6 Å². The second kappa shape index (κ2) is 6.12. The van der Waals surface area contributed by atoms with Gasteiger partial charge in [0.25, 0.3) is 5.91 Å². The quantitative estimate of drug-likeness (QED) is 0.778. The minimum atomic E-state index is -0.899. The van der Waals surface area contributed by atoms with Crippen LogP contribution in [-0.2, 0) is 4.79 Å². The molecular formula is C16H20N4O3. The highest BCUT2D eigenvalue weighted by Crippen LogP contribution is 2.30. The summed E-state index contributed by atoms with van der Waals surface area (Å²) in [5, 5.41) is 13.4. The van der Waals surface area contributed by atoms with Crippen molar-refractivity contribution in [2.75, 3.05) is 5.73 Å². The molecule has 0 spiro atoms. The summed E-state index contributed by atoms with van der Waals surface area (Å²) in [7, 11) is 0. The van der Waals surface area contributed by atoms with E-state index >= 15 is 0 Å². The Morgan fingerprint density at radius 2 is 1.74 bits per heavy atom. The molecule has 0 fully saturated rings. The van der Waals surface area contributed by atoms with E-state index in [-0.39, 0.29) is 17.4 Å². The van der Waals surface area contributed by atoms with E-state index in [0.717, 1.165) is 0 Å². The molecule has 1 unspecified atom stereocenters. The Balaban J connectivity index is 2.52. The number of anilines is 1. The van der Waals surface area contributed by atoms with Crippen LogP contribution in [0.1, 0.15) is 48.7 Å². The predicted octanol–water partition coefficient (Wildman–Crippen LogP) is 2.00. The minimum Gasteiger partial charge on any atom is -0.481 e. The van der Waals surface area contributed by atoms with Crippen LogP contribution in [0.25, 0.3) is 11.3 Å². The zero-order valence-electron chi connectivity index (χ0n) is 13.3. The third kappa shape index (κ3) is 3.03. The highest BCUT2D eigenvalue weighted by atomic mass is 16.4. The van der Waals surface area contributed by atoms with Crippen LogP contribution < -0.4 is 11.5 Å². The third-order valence-electron chi connectivity index (χ3n) is 3.74. The van der Waals surface area contributed by atoms with Crippen molar-refractivity contribution in [2.45, 2.75) is 32.7 Å². The minimum absolute atomic E-state index is 0.0202. The molecular weight excluding hydrogens is 296 g/mol. The van der Waals surface area contributed by atoms with E-state index in [9.17, 15) is 9.59 Å². The van der Waals surface area contributed by atoms with Gasteiger partial charge in [0, 0.05) is 11.6 Å². The number of hydrogen-bond acceptors (Lipinski definition) is 4. The largest absolute Gasteiger partial charge is 0.481 e. The highest BCUT2D eigenvalue weighted by molar-refractivity contribution is 6.03. The zero-order valence-corrected chi connectivity index (χ0v) is 13.3. The molecule has 122 valence electrons. The molecule has 0 aliphatic rings. The van der Waals surface area contributed by atoms with Crippen molar-refractivity contribution in [2.24, 2.45) is 5.73 Å². The number of carboxylic acids is 1. The summed E-state index contributed by atoms with van der Waals surface area (Å²) in [6, 6.07) is 6.81. The maximum atomic E-state index is 11.7. The molecule has 1 aromatic carbocycles. The maximum Gasteiger partial charge on any atom is 0.310 e. The molecule has 0 saturated carbocycles. The lowest BCUT2D eigenvalue weighted by Crippen LogP contribution is -2.15. The van der Waals surface area contributed by atoms with Gasteiger partial charge in [0.05, 0.1) is 5.92 Å². The number of carbonyl (C=O) groups excluding carboxylic acids is 1. The van der Waals surface area contributed by atoms with Gasteiger partial charge >= 0.3 is 5.97 Å². The van der Waals surface area contributed by atoms with Gasteiger partial charge in [-0.05, 0) is 26.3 Å². The molecule has 0 aliphatic carbocycles. The molecule has 0 radical (unpaired) electrons. The first-order valence-corrected chi connectivity index (χ1v) is 7.25. The molecule has 2 aromatic rings. The second-order valence-corrected chi connectivity index (χ2v) is 5.69. The number of aliphatic carboxylic acids is 1. The fraction of sp³-hybridized carbons (Fsp3) is 0.312. The lowest BCUT2D eigenvalue weighted by Gasteiger charge is -2.07. The number of benzene rings is 1. The number of nitrogens with two attached hydrogens (primary N) is 2. The number of aromatic nitrogens is 2. The smallest absolute Gasteiger partial charge is 0.310 e. The Morgan fingerprint density at radius 1 is 1.17 bits per heavy atom. The molecule has 0 bridgehead atoms. The van der Waals surface area contributed by atoms with Crippen LogP contribution in [0, 0.1) is 0 Å². The molecule has 7 heteroatoms. The standard InChI is InChI=1S/C16H20N4O3/c1-8(2)20-14(17)12(15(18)21)13(19-20)11-6-4-10(5-7-11)9(3)16(22)23/h4-9H,17H2,1-3H3,(H2,18,21)(H,22,23). The second-order valence-electron chi connectivity index (χ2n) is 5.69.